The Morgan fingerprint density at radius 2 is 1.83 bits per heavy atom. The molecule has 3 nitrogen and oxygen atoms in total. The van der Waals surface area contributed by atoms with Gasteiger partial charge in [-0.1, -0.05) is 57.5 Å². The zero-order valence-corrected chi connectivity index (χ0v) is 11.3. The van der Waals surface area contributed by atoms with Crippen molar-refractivity contribution in [1.82, 2.24) is 0 Å². The van der Waals surface area contributed by atoms with Gasteiger partial charge in [0.05, 0.1) is 0 Å². The number of aliphatic hydroxyl groups is 1. The summed E-state index contributed by atoms with van der Waals surface area (Å²) in [4.78, 5) is 11.5. The third kappa shape index (κ3) is 2.72. The highest BCUT2D eigenvalue weighted by Crippen LogP contribution is 2.38. The summed E-state index contributed by atoms with van der Waals surface area (Å²) in [6, 6.07) is 9.41. The molecule has 0 radical (unpaired) electrons. The Labute approximate surface area is 108 Å². The summed E-state index contributed by atoms with van der Waals surface area (Å²) in [5.41, 5.74) is -0.824. The van der Waals surface area contributed by atoms with Gasteiger partial charge in [0, 0.05) is 5.92 Å². The molecule has 0 amide bonds. The number of benzene rings is 1. The molecule has 1 aromatic carbocycles. The largest absolute Gasteiger partial charge is 0.479 e. The molecule has 0 fully saturated rings. The number of carboxylic acid groups (broad SMARTS) is 1. The minimum absolute atomic E-state index is 0.341. The van der Waals surface area contributed by atoms with E-state index in [1.165, 1.54) is 0 Å². The SMILES string of the molecule is CCCC(c1ccccc1)C(O)(C(=O)O)C(C)C. The van der Waals surface area contributed by atoms with E-state index in [0.29, 0.717) is 6.42 Å². The van der Waals surface area contributed by atoms with Gasteiger partial charge in [0.25, 0.3) is 0 Å². The number of carbonyl (C=O) groups is 1. The van der Waals surface area contributed by atoms with Crippen molar-refractivity contribution in [3.05, 3.63) is 35.9 Å². The van der Waals surface area contributed by atoms with Gasteiger partial charge in [0.2, 0.25) is 0 Å². The normalized spacial score (nSPS) is 16.3. The van der Waals surface area contributed by atoms with Crippen molar-refractivity contribution in [2.24, 2.45) is 5.92 Å². The van der Waals surface area contributed by atoms with Crippen LogP contribution in [-0.4, -0.2) is 21.8 Å². The third-order valence-corrected chi connectivity index (χ3v) is 3.53. The van der Waals surface area contributed by atoms with Crippen molar-refractivity contribution in [3.8, 4) is 0 Å². The number of hydrogen-bond donors (Lipinski definition) is 2. The number of aliphatic carboxylic acids is 1. The molecule has 0 aromatic heterocycles. The Balaban J connectivity index is 3.22. The van der Waals surface area contributed by atoms with Crippen LogP contribution in [0.15, 0.2) is 30.3 Å². The minimum atomic E-state index is -1.71. The first-order valence-corrected chi connectivity index (χ1v) is 6.45. The smallest absolute Gasteiger partial charge is 0.336 e. The molecule has 3 heteroatoms. The van der Waals surface area contributed by atoms with Gasteiger partial charge < -0.3 is 10.2 Å². The van der Waals surface area contributed by atoms with Gasteiger partial charge in [0.1, 0.15) is 0 Å². The highest BCUT2D eigenvalue weighted by atomic mass is 16.4. The van der Waals surface area contributed by atoms with Crippen molar-refractivity contribution in [2.75, 3.05) is 0 Å². The van der Waals surface area contributed by atoms with E-state index in [1.807, 2.05) is 37.3 Å². The molecule has 2 atom stereocenters. The Morgan fingerprint density at radius 1 is 1.28 bits per heavy atom. The lowest BCUT2D eigenvalue weighted by Crippen LogP contribution is -2.49. The lowest BCUT2D eigenvalue weighted by molar-refractivity contribution is -0.167. The van der Waals surface area contributed by atoms with E-state index >= 15 is 0 Å². The van der Waals surface area contributed by atoms with E-state index in [-0.39, 0.29) is 11.8 Å². The molecule has 0 bridgehead atoms. The van der Waals surface area contributed by atoms with Crippen LogP contribution in [0.25, 0.3) is 0 Å². The fourth-order valence-corrected chi connectivity index (χ4v) is 2.41. The van der Waals surface area contributed by atoms with Crippen LogP contribution >= 0.6 is 0 Å². The van der Waals surface area contributed by atoms with Crippen LogP contribution in [0.4, 0.5) is 0 Å². The highest BCUT2D eigenvalue weighted by molar-refractivity contribution is 5.79. The molecular formula is C15H22O3. The van der Waals surface area contributed by atoms with Gasteiger partial charge in [-0.05, 0) is 17.9 Å². The van der Waals surface area contributed by atoms with Crippen molar-refractivity contribution in [3.63, 3.8) is 0 Å². The monoisotopic (exact) mass is 250 g/mol. The molecular weight excluding hydrogens is 228 g/mol. The molecule has 1 aromatic rings. The average molecular weight is 250 g/mol. The highest BCUT2D eigenvalue weighted by Gasteiger charge is 2.46. The first-order chi connectivity index (χ1) is 8.44. The molecule has 0 saturated carbocycles. The van der Waals surface area contributed by atoms with Gasteiger partial charge in [-0.25, -0.2) is 4.79 Å². The van der Waals surface area contributed by atoms with E-state index in [9.17, 15) is 15.0 Å². The number of rotatable bonds is 6. The number of hydrogen-bond acceptors (Lipinski definition) is 2. The van der Waals surface area contributed by atoms with E-state index in [2.05, 4.69) is 0 Å². The fourth-order valence-electron chi connectivity index (χ4n) is 2.41. The summed E-state index contributed by atoms with van der Waals surface area (Å²) in [7, 11) is 0. The summed E-state index contributed by atoms with van der Waals surface area (Å²) in [6.07, 6.45) is 1.49. The second-order valence-corrected chi connectivity index (χ2v) is 5.04. The molecule has 18 heavy (non-hydrogen) atoms. The van der Waals surface area contributed by atoms with Crippen LogP contribution in [0.5, 0.6) is 0 Å². The molecule has 0 heterocycles. The van der Waals surface area contributed by atoms with Gasteiger partial charge in [-0.2, -0.15) is 0 Å². The van der Waals surface area contributed by atoms with Crippen LogP contribution in [-0.2, 0) is 4.79 Å². The Kier molecular flexibility index (Phi) is 4.91. The molecule has 1 rings (SSSR count). The molecule has 2 N–H and O–H groups in total. The van der Waals surface area contributed by atoms with Gasteiger partial charge in [-0.15, -0.1) is 0 Å². The second-order valence-electron chi connectivity index (χ2n) is 5.04. The van der Waals surface area contributed by atoms with Crippen LogP contribution in [0.2, 0.25) is 0 Å². The topological polar surface area (TPSA) is 57.5 Å². The zero-order chi connectivity index (χ0) is 13.8. The summed E-state index contributed by atoms with van der Waals surface area (Å²) < 4.78 is 0. The van der Waals surface area contributed by atoms with E-state index in [1.54, 1.807) is 13.8 Å². The van der Waals surface area contributed by atoms with Gasteiger partial charge >= 0.3 is 5.97 Å². The maximum absolute atomic E-state index is 11.5. The molecule has 0 spiro atoms. The first-order valence-electron chi connectivity index (χ1n) is 6.45. The fraction of sp³-hybridized carbons (Fsp3) is 0.533. The molecule has 0 aliphatic carbocycles. The zero-order valence-electron chi connectivity index (χ0n) is 11.3. The molecule has 0 aliphatic heterocycles. The number of carboxylic acids is 1. The average Bonchev–Trinajstić information content (AvgIpc) is 2.35. The van der Waals surface area contributed by atoms with E-state index in [4.69, 9.17) is 0 Å². The first kappa shape index (κ1) is 14.7. The lowest BCUT2D eigenvalue weighted by Gasteiger charge is -2.36. The summed E-state index contributed by atoms with van der Waals surface area (Å²) >= 11 is 0. The van der Waals surface area contributed by atoms with Crippen LogP contribution in [0.3, 0.4) is 0 Å². The Hall–Kier alpha value is -1.35. The summed E-state index contributed by atoms with van der Waals surface area (Å²) in [6.45, 7) is 5.50. The molecule has 0 saturated heterocycles. The van der Waals surface area contributed by atoms with E-state index in [0.717, 1.165) is 12.0 Å². The maximum atomic E-state index is 11.5. The molecule has 0 aliphatic rings. The Bertz CT molecular complexity index is 386. The van der Waals surface area contributed by atoms with Crippen LogP contribution in [0.1, 0.15) is 45.1 Å². The summed E-state index contributed by atoms with van der Waals surface area (Å²) in [5, 5.41) is 20.0. The van der Waals surface area contributed by atoms with Crippen molar-refractivity contribution >= 4 is 5.97 Å². The van der Waals surface area contributed by atoms with Crippen LogP contribution < -0.4 is 0 Å². The van der Waals surface area contributed by atoms with E-state index < -0.39 is 11.6 Å². The molecule has 2 unspecified atom stereocenters. The predicted octanol–water partition coefficient (Wildman–Crippen LogP) is 3.04. The minimum Gasteiger partial charge on any atom is -0.479 e. The van der Waals surface area contributed by atoms with Gasteiger partial charge in [0.15, 0.2) is 5.60 Å². The van der Waals surface area contributed by atoms with Crippen molar-refractivity contribution in [2.45, 2.75) is 45.1 Å². The van der Waals surface area contributed by atoms with Gasteiger partial charge in [-0.3, -0.25) is 0 Å². The quantitative estimate of drug-likeness (QED) is 0.816. The Morgan fingerprint density at radius 3 is 2.22 bits per heavy atom. The lowest BCUT2D eigenvalue weighted by atomic mass is 9.73. The predicted molar refractivity (Wildman–Crippen MR) is 71.5 cm³/mol. The van der Waals surface area contributed by atoms with Crippen molar-refractivity contribution < 1.29 is 15.0 Å². The summed E-state index contributed by atoms with van der Waals surface area (Å²) in [5.74, 6) is -1.85. The van der Waals surface area contributed by atoms with Crippen molar-refractivity contribution in [1.29, 1.82) is 0 Å². The van der Waals surface area contributed by atoms with Crippen LogP contribution in [0, 0.1) is 5.92 Å². The third-order valence-electron chi connectivity index (χ3n) is 3.53. The standard InChI is InChI=1S/C15H22O3/c1-4-8-13(12-9-6-5-7-10-12)15(18,11(2)3)14(16)17/h5-7,9-11,13,18H,4,8H2,1-3H3,(H,16,17). The maximum Gasteiger partial charge on any atom is 0.336 e. The molecule has 100 valence electrons. The second kappa shape index (κ2) is 6.01.